The second-order valence-corrected chi connectivity index (χ2v) is 6.11. The molecule has 2 aromatic heterocycles. The molecule has 5 nitrogen and oxygen atoms in total. The highest BCUT2D eigenvalue weighted by Crippen LogP contribution is 2.33. The molecule has 129 valence electrons. The fourth-order valence-electron chi connectivity index (χ4n) is 3.06. The van der Waals surface area contributed by atoms with Crippen LogP contribution < -0.4 is 10.1 Å². The molecule has 0 atom stereocenters. The van der Waals surface area contributed by atoms with Crippen LogP contribution in [0, 0.1) is 13.0 Å². The number of fused-ring (bicyclic) bond motifs is 1. The fourth-order valence-corrected chi connectivity index (χ4v) is 3.06. The van der Waals surface area contributed by atoms with Crippen molar-refractivity contribution in [2.45, 2.75) is 6.92 Å². The molecule has 1 N–H and O–H groups in total. The first-order valence-electron chi connectivity index (χ1n) is 8.36. The van der Waals surface area contributed by atoms with Gasteiger partial charge in [0.1, 0.15) is 11.6 Å². The van der Waals surface area contributed by atoms with Crippen molar-refractivity contribution in [1.29, 1.82) is 0 Å². The number of aryl methyl sites for hydroxylation is 1. The molecule has 0 saturated heterocycles. The standard InChI is InChI=1S/C21H19N4O/c1-14-18(13-23-25(14)2)16-8-6-7-15-12-22-21(11-17(15)16)24-19-9-4-5-10-20(19)26-3/h4,6-13H,1-3H3,(H,22,24). The van der Waals surface area contributed by atoms with Crippen molar-refractivity contribution in [3.63, 3.8) is 0 Å². The van der Waals surface area contributed by atoms with E-state index in [1.54, 1.807) is 13.2 Å². The third kappa shape index (κ3) is 2.77. The summed E-state index contributed by atoms with van der Waals surface area (Å²) in [5.74, 6) is 1.49. The van der Waals surface area contributed by atoms with Crippen LogP contribution in [0.5, 0.6) is 5.75 Å². The second-order valence-electron chi connectivity index (χ2n) is 6.11. The minimum absolute atomic E-state index is 0.728. The zero-order valence-corrected chi connectivity index (χ0v) is 14.9. The summed E-state index contributed by atoms with van der Waals surface area (Å²) in [6.07, 6.45) is 3.79. The van der Waals surface area contributed by atoms with E-state index in [0.717, 1.165) is 44.8 Å². The quantitative estimate of drug-likeness (QED) is 0.593. The predicted octanol–water partition coefficient (Wildman–Crippen LogP) is 4.50. The molecule has 4 rings (SSSR count). The second kappa shape index (κ2) is 6.52. The molecule has 5 heteroatoms. The zero-order chi connectivity index (χ0) is 18.1. The Balaban J connectivity index is 1.82. The third-order valence-electron chi connectivity index (χ3n) is 4.60. The van der Waals surface area contributed by atoms with Crippen molar-refractivity contribution in [2.75, 3.05) is 12.4 Å². The number of ether oxygens (including phenoxy) is 1. The van der Waals surface area contributed by atoms with Crippen molar-refractivity contribution >= 4 is 22.3 Å². The Hall–Kier alpha value is -3.34. The van der Waals surface area contributed by atoms with Crippen LogP contribution >= 0.6 is 0 Å². The molecule has 4 aromatic rings. The first-order chi connectivity index (χ1) is 12.7. The van der Waals surface area contributed by atoms with Crippen molar-refractivity contribution in [2.24, 2.45) is 7.05 Å². The summed E-state index contributed by atoms with van der Waals surface area (Å²) >= 11 is 0. The van der Waals surface area contributed by atoms with Gasteiger partial charge in [0.2, 0.25) is 0 Å². The number of anilines is 2. The topological polar surface area (TPSA) is 52.0 Å². The van der Waals surface area contributed by atoms with Crippen molar-refractivity contribution in [3.05, 3.63) is 66.6 Å². The van der Waals surface area contributed by atoms with Gasteiger partial charge < -0.3 is 10.1 Å². The summed E-state index contributed by atoms with van der Waals surface area (Å²) in [4.78, 5) is 4.54. The number of hydrogen-bond donors (Lipinski definition) is 1. The van der Waals surface area contributed by atoms with E-state index in [1.807, 2.05) is 36.3 Å². The minimum atomic E-state index is 0.728. The summed E-state index contributed by atoms with van der Waals surface area (Å²) in [5, 5.41) is 9.93. The highest BCUT2D eigenvalue weighted by Gasteiger charge is 2.11. The van der Waals surface area contributed by atoms with Crippen LogP contribution in [0.15, 0.2) is 54.9 Å². The van der Waals surface area contributed by atoms with Crippen molar-refractivity contribution in [1.82, 2.24) is 14.8 Å². The maximum absolute atomic E-state index is 5.38. The van der Waals surface area contributed by atoms with Gasteiger partial charge in [0, 0.05) is 29.9 Å². The van der Waals surface area contributed by atoms with Gasteiger partial charge in [0.05, 0.1) is 19.0 Å². The maximum atomic E-state index is 5.38. The van der Waals surface area contributed by atoms with Gasteiger partial charge in [-0.3, -0.25) is 4.68 Å². The van der Waals surface area contributed by atoms with Crippen LogP contribution in [0.1, 0.15) is 5.69 Å². The largest absolute Gasteiger partial charge is 0.495 e. The van der Waals surface area contributed by atoms with E-state index in [0.29, 0.717) is 0 Å². The summed E-state index contributed by atoms with van der Waals surface area (Å²) in [6, 6.07) is 16.9. The zero-order valence-electron chi connectivity index (χ0n) is 14.9. The van der Waals surface area contributed by atoms with E-state index in [9.17, 15) is 0 Å². The molecule has 0 amide bonds. The van der Waals surface area contributed by atoms with Crippen molar-refractivity contribution < 1.29 is 4.74 Å². The number of nitrogens with one attached hydrogen (secondary N) is 1. The highest BCUT2D eigenvalue weighted by atomic mass is 16.5. The SMILES string of the molecule is COc1c[c]ccc1Nc1cc2c(-c3cnn(C)c3C)cccc2cn1. The Morgan fingerprint density at radius 3 is 2.81 bits per heavy atom. The van der Waals surface area contributed by atoms with E-state index in [2.05, 4.69) is 52.7 Å². The van der Waals surface area contributed by atoms with Gasteiger partial charge in [-0.05, 0) is 42.1 Å². The molecule has 0 fully saturated rings. The maximum Gasteiger partial charge on any atom is 0.142 e. The molecule has 0 aliphatic rings. The molecule has 2 heterocycles. The molecule has 0 aliphatic carbocycles. The van der Waals surface area contributed by atoms with Crippen LogP contribution in [-0.4, -0.2) is 21.9 Å². The average molecular weight is 343 g/mol. The van der Waals surface area contributed by atoms with Gasteiger partial charge in [-0.25, -0.2) is 4.98 Å². The molecule has 26 heavy (non-hydrogen) atoms. The molecule has 0 spiro atoms. The van der Waals surface area contributed by atoms with Gasteiger partial charge in [-0.1, -0.05) is 24.3 Å². The Morgan fingerprint density at radius 1 is 1.15 bits per heavy atom. The summed E-state index contributed by atoms with van der Waals surface area (Å²) < 4.78 is 7.27. The van der Waals surface area contributed by atoms with Crippen LogP contribution in [0.2, 0.25) is 0 Å². The van der Waals surface area contributed by atoms with Gasteiger partial charge in [-0.2, -0.15) is 5.10 Å². The number of hydrogen-bond acceptors (Lipinski definition) is 4. The van der Waals surface area contributed by atoms with Crippen molar-refractivity contribution in [3.8, 4) is 16.9 Å². The van der Waals surface area contributed by atoms with E-state index in [1.165, 1.54) is 0 Å². The predicted molar refractivity (Wildman–Crippen MR) is 104 cm³/mol. The number of pyridine rings is 1. The summed E-state index contributed by atoms with van der Waals surface area (Å²) in [7, 11) is 3.60. The summed E-state index contributed by atoms with van der Waals surface area (Å²) in [5.41, 5.74) is 4.26. The average Bonchev–Trinajstić information content (AvgIpc) is 3.00. The molecular formula is C21H19N4O. The van der Waals surface area contributed by atoms with Crippen LogP contribution in [0.4, 0.5) is 11.5 Å². The number of nitrogens with zero attached hydrogens (tertiary/aromatic N) is 3. The Kier molecular flexibility index (Phi) is 4.05. The normalized spacial score (nSPS) is 10.9. The Bertz CT molecular complexity index is 1080. The Labute approximate surface area is 152 Å². The molecule has 0 aliphatic heterocycles. The fraction of sp³-hybridized carbons (Fsp3) is 0.143. The molecule has 0 bridgehead atoms. The highest BCUT2D eigenvalue weighted by molar-refractivity contribution is 5.98. The van der Waals surface area contributed by atoms with Gasteiger partial charge >= 0.3 is 0 Å². The molecule has 0 saturated carbocycles. The lowest BCUT2D eigenvalue weighted by atomic mass is 10.00. The van der Waals surface area contributed by atoms with E-state index in [-0.39, 0.29) is 0 Å². The molecule has 0 unspecified atom stereocenters. The lowest BCUT2D eigenvalue weighted by molar-refractivity contribution is 0.416. The molecule has 2 aromatic carbocycles. The number of methoxy groups -OCH3 is 1. The van der Waals surface area contributed by atoms with Gasteiger partial charge in [0.15, 0.2) is 0 Å². The van der Waals surface area contributed by atoms with Gasteiger partial charge in [0.25, 0.3) is 0 Å². The molecular weight excluding hydrogens is 324 g/mol. The number of aromatic nitrogens is 3. The first kappa shape index (κ1) is 16.1. The van der Waals surface area contributed by atoms with E-state index in [4.69, 9.17) is 4.74 Å². The number of benzene rings is 2. The lowest BCUT2D eigenvalue weighted by Crippen LogP contribution is -1.97. The minimum Gasteiger partial charge on any atom is -0.495 e. The van der Waals surface area contributed by atoms with E-state index >= 15 is 0 Å². The lowest BCUT2D eigenvalue weighted by Gasteiger charge is -2.12. The third-order valence-corrected chi connectivity index (χ3v) is 4.60. The van der Waals surface area contributed by atoms with Gasteiger partial charge in [-0.15, -0.1) is 0 Å². The van der Waals surface area contributed by atoms with E-state index < -0.39 is 0 Å². The Morgan fingerprint density at radius 2 is 2.04 bits per heavy atom. The van der Waals surface area contributed by atoms with Crippen LogP contribution in [-0.2, 0) is 7.05 Å². The smallest absolute Gasteiger partial charge is 0.142 e. The molecule has 1 radical (unpaired) electrons. The van der Waals surface area contributed by atoms with Crippen LogP contribution in [0.25, 0.3) is 21.9 Å². The first-order valence-corrected chi connectivity index (χ1v) is 8.36. The number of rotatable bonds is 4. The van der Waals surface area contributed by atoms with Crippen LogP contribution in [0.3, 0.4) is 0 Å². The summed E-state index contributed by atoms with van der Waals surface area (Å²) in [6.45, 7) is 2.08. The monoisotopic (exact) mass is 343 g/mol.